The Hall–Kier alpha value is -1.27. The van der Waals surface area contributed by atoms with Crippen molar-refractivity contribution >= 4 is 11.3 Å². The molecule has 0 saturated heterocycles. The van der Waals surface area contributed by atoms with Crippen LogP contribution in [0.5, 0.6) is 0 Å². The van der Waals surface area contributed by atoms with E-state index in [0.29, 0.717) is 0 Å². The van der Waals surface area contributed by atoms with Crippen molar-refractivity contribution in [3.63, 3.8) is 0 Å². The molecule has 0 fully saturated rings. The van der Waals surface area contributed by atoms with Gasteiger partial charge < -0.3 is 5.32 Å². The summed E-state index contributed by atoms with van der Waals surface area (Å²) in [6.07, 6.45) is 5.32. The lowest BCUT2D eigenvalue weighted by Crippen LogP contribution is -2.35. The summed E-state index contributed by atoms with van der Waals surface area (Å²) in [6, 6.07) is 0. The Morgan fingerprint density at radius 2 is 2.19 bits per heavy atom. The Kier molecular flexibility index (Phi) is 3.02. The van der Waals surface area contributed by atoms with Crippen LogP contribution in [-0.2, 0) is 6.54 Å². The maximum absolute atomic E-state index is 4.13. The van der Waals surface area contributed by atoms with E-state index in [1.54, 1.807) is 23.9 Å². The smallest absolute Gasteiger partial charge is 0.217 e. The highest BCUT2D eigenvalue weighted by Crippen LogP contribution is 2.14. The molecule has 6 heteroatoms. The van der Waals surface area contributed by atoms with Gasteiger partial charge in [0.2, 0.25) is 5.13 Å². The largest absolute Gasteiger partial charge is 0.306 e. The second kappa shape index (κ2) is 4.31. The molecular weight excluding hydrogens is 222 g/mol. The number of hydrogen-bond donors (Lipinski definition) is 1. The summed E-state index contributed by atoms with van der Waals surface area (Å²) < 4.78 is 1.86. The average Bonchev–Trinajstić information content (AvgIpc) is 2.84. The summed E-state index contributed by atoms with van der Waals surface area (Å²) in [7, 11) is 0. The lowest BCUT2D eigenvalue weighted by atomic mass is 10.1. The van der Waals surface area contributed by atoms with Gasteiger partial charge in [-0.2, -0.15) is 0 Å². The first-order valence-electron chi connectivity index (χ1n) is 5.10. The minimum Gasteiger partial charge on any atom is -0.306 e. The summed E-state index contributed by atoms with van der Waals surface area (Å²) in [5.74, 6) is 0. The van der Waals surface area contributed by atoms with Crippen LogP contribution >= 0.6 is 11.3 Å². The first-order chi connectivity index (χ1) is 7.54. The molecule has 0 aliphatic heterocycles. The zero-order chi connectivity index (χ0) is 11.6. The van der Waals surface area contributed by atoms with Gasteiger partial charge in [-0.15, -0.1) is 10.2 Å². The van der Waals surface area contributed by atoms with E-state index in [9.17, 15) is 0 Å². The van der Waals surface area contributed by atoms with Gasteiger partial charge in [-0.05, 0) is 20.8 Å². The Morgan fingerprint density at radius 1 is 1.38 bits per heavy atom. The lowest BCUT2D eigenvalue weighted by Gasteiger charge is -2.19. The van der Waals surface area contributed by atoms with Crippen LogP contribution in [-0.4, -0.2) is 25.3 Å². The number of imidazole rings is 1. The molecule has 2 heterocycles. The van der Waals surface area contributed by atoms with Crippen molar-refractivity contribution in [1.82, 2.24) is 25.1 Å². The van der Waals surface area contributed by atoms with E-state index in [1.807, 2.05) is 10.8 Å². The van der Waals surface area contributed by atoms with E-state index < -0.39 is 0 Å². The molecule has 16 heavy (non-hydrogen) atoms. The molecule has 0 aliphatic rings. The molecule has 1 N–H and O–H groups in total. The number of nitrogens with zero attached hydrogens (tertiary/aromatic N) is 4. The van der Waals surface area contributed by atoms with Crippen LogP contribution in [0.1, 0.15) is 25.8 Å². The van der Waals surface area contributed by atoms with Crippen molar-refractivity contribution in [2.24, 2.45) is 0 Å². The van der Waals surface area contributed by atoms with Gasteiger partial charge in [0.25, 0.3) is 0 Å². The van der Waals surface area contributed by atoms with Gasteiger partial charge in [0.15, 0.2) is 0 Å². The molecule has 0 bridgehead atoms. The van der Waals surface area contributed by atoms with Crippen molar-refractivity contribution in [1.29, 1.82) is 0 Å². The van der Waals surface area contributed by atoms with Gasteiger partial charge in [0.1, 0.15) is 11.3 Å². The van der Waals surface area contributed by atoms with Gasteiger partial charge >= 0.3 is 0 Å². The van der Waals surface area contributed by atoms with E-state index in [1.165, 1.54) is 0 Å². The Labute approximate surface area is 98.5 Å². The highest BCUT2D eigenvalue weighted by molar-refractivity contribution is 7.13. The maximum atomic E-state index is 4.13. The predicted octanol–water partition coefficient (Wildman–Crippen LogP) is 1.61. The molecule has 0 amide bonds. The molecule has 0 atom stereocenters. The first kappa shape index (κ1) is 11.2. The molecular formula is C10H15N5S. The Bertz CT molecular complexity index is 440. The predicted molar refractivity (Wildman–Crippen MR) is 63.6 cm³/mol. The fourth-order valence-electron chi connectivity index (χ4n) is 1.13. The van der Waals surface area contributed by atoms with E-state index in [2.05, 4.69) is 41.3 Å². The van der Waals surface area contributed by atoms with Gasteiger partial charge in [-0.3, -0.25) is 4.57 Å². The van der Waals surface area contributed by atoms with Gasteiger partial charge in [0.05, 0.1) is 6.54 Å². The van der Waals surface area contributed by atoms with E-state index in [4.69, 9.17) is 0 Å². The van der Waals surface area contributed by atoms with E-state index in [-0.39, 0.29) is 5.54 Å². The molecule has 0 aromatic carbocycles. The Balaban J connectivity index is 2.03. The molecule has 2 rings (SSSR count). The molecule has 0 aliphatic carbocycles. The highest BCUT2D eigenvalue weighted by atomic mass is 32.1. The van der Waals surface area contributed by atoms with E-state index in [0.717, 1.165) is 16.7 Å². The maximum Gasteiger partial charge on any atom is 0.217 e. The molecule has 2 aromatic heterocycles. The fourth-order valence-corrected chi connectivity index (χ4v) is 1.87. The van der Waals surface area contributed by atoms with Crippen molar-refractivity contribution in [2.75, 3.05) is 0 Å². The summed E-state index contributed by atoms with van der Waals surface area (Å²) in [5, 5.41) is 13.5. The third-order valence-electron chi connectivity index (χ3n) is 1.95. The van der Waals surface area contributed by atoms with Crippen LogP contribution in [0.25, 0.3) is 5.13 Å². The van der Waals surface area contributed by atoms with Crippen molar-refractivity contribution in [3.8, 4) is 5.13 Å². The minimum absolute atomic E-state index is 0.0981. The van der Waals surface area contributed by atoms with Gasteiger partial charge in [-0.25, -0.2) is 4.98 Å². The topological polar surface area (TPSA) is 55.6 Å². The Morgan fingerprint density at radius 3 is 2.81 bits per heavy atom. The lowest BCUT2D eigenvalue weighted by molar-refractivity contribution is 0.423. The zero-order valence-corrected chi connectivity index (χ0v) is 10.5. The number of aromatic nitrogens is 4. The third kappa shape index (κ3) is 2.86. The second-order valence-corrected chi connectivity index (χ2v) is 5.59. The van der Waals surface area contributed by atoms with Gasteiger partial charge in [0, 0.05) is 17.9 Å². The second-order valence-electron chi connectivity index (χ2n) is 4.55. The minimum atomic E-state index is 0.0981. The molecule has 2 aromatic rings. The van der Waals surface area contributed by atoms with Crippen LogP contribution in [0.4, 0.5) is 0 Å². The normalized spacial score (nSPS) is 11.9. The van der Waals surface area contributed by atoms with Crippen molar-refractivity contribution in [3.05, 3.63) is 23.7 Å². The summed E-state index contributed by atoms with van der Waals surface area (Å²) in [4.78, 5) is 3.98. The summed E-state index contributed by atoms with van der Waals surface area (Å²) >= 11 is 1.57. The monoisotopic (exact) mass is 237 g/mol. The zero-order valence-electron chi connectivity index (χ0n) is 9.64. The van der Waals surface area contributed by atoms with E-state index >= 15 is 0 Å². The SMILES string of the molecule is CC(C)(C)NCc1nnc(-n2ccnc2)s1. The van der Waals surface area contributed by atoms with Crippen LogP contribution < -0.4 is 5.32 Å². The number of hydrogen-bond acceptors (Lipinski definition) is 5. The standard InChI is InChI=1S/C10H15N5S/c1-10(2,3)12-6-8-13-14-9(16-8)15-5-4-11-7-15/h4-5,7,12H,6H2,1-3H3. The molecule has 0 unspecified atom stereocenters. The first-order valence-corrected chi connectivity index (χ1v) is 5.92. The van der Waals surface area contributed by atoms with Crippen LogP contribution in [0.3, 0.4) is 0 Å². The molecule has 0 saturated carbocycles. The van der Waals surface area contributed by atoms with Crippen molar-refractivity contribution in [2.45, 2.75) is 32.9 Å². The van der Waals surface area contributed by atoms with Crippen LogP contribution in [0, 0.1) is 0 Å². The average molecular weight is 237 g/mol. The van der Waals surface area contributed by atoms with Crippen LogP contribution in [0.15, 0.2) is 18.7 Å². The quantitative estimate of drug-likeness (QED) is 0.881. The molecule has 5 nitrogen and oxygen atoms in total. The third-order valence-corrected chi connectivity index (χ3v) is 2.89. The molecule has 86 valence electrons. The highest BCUT2D eigenvalue weighted by Gasteiger charge is 2.11. The summed E-state index contributed by atoms with van der Waals surface area (Å²) in [5.41, 5.74) is 0.0981. The van der Waals surface area contributed by atoms with Crippen LogP contribution in [0.2, 0.25) is 0 Å². The number of nitrogens with one attached hydrogen (secondary N) is 1. The summed E-state index contributed by atoms with van der Waals surface area (Å²) in [6.45, 7) is 7.14. The van der Waals surface area contributed by atoms with Crippen molar-refractivity contribution < 1.29 is 0 Å². The fraction of sp³-hybridized carbons (Fsp3) is 0.500. The van der Waals surface area contributed by atoms with Gasteiger partial charge in [-0.1, -0.05) is 11.3 Å². The number of rotatable bonds is 3. The molecule has 0 spiro atoms. The molecule has 0 radical (unpaired) electrons.